The van der Waals surface area contributed by atoms with E-state index in [1.165, 1.54) is 0 Å². The molecule has 1 aromatic carbocycles. The summed E-state index contributed by atoms with van der Waals surface area (Å²) in [6.07, 6.45) is 3.93. The van der Waals surface area contributed by atoms with Gasteiger partial charge in [0.15, 0.2) is 0 Å². The molecule has 162 valence electrons. The second kappa shape index (κ2) is 8.10. The first-order chi connectivity index (χ1) is 15.1. The SMILES string of the molecule is O=C(C1Cc2cc([N+](=O)[O-])ccc2N2CCN(c3ncccn3)CC12)N1CCOCC1. The van der Waals surface area contributed by atoms with Crippen molar-refractivity contribution in [2.24, 2.45) is 5.92 Å². The molecule has 1 amide bonds. The molecule has 0 aliphatic carbocycles. The highest BCUT2D eigenvalue weighted by Crippen LogP contribution is 2.39. The zero-order valence-corrected chi connectivity index (χ0v) is 17.1. The maximum Gasteiger partial charge on any atom is 0.269 e. The van der Waals surface area contributed by atoms with Gasteiger partial charge in [-0.2, -0.15) is 0 Å². The molecule has 0 N–H and O–H groups in total. The molecule has 2 fully saturated rings. The van der Waals surface area contributed by atoms with Crippen LogP contribution in [0.2, 0.25) is 0 Å². The molecule has 3 aliphatic heterocycles. The number of carbonyl (C=O) groups is 1. The summed E-state index contributed by atoms with van der Waals surface area (Å²) in [5, 5.41) is 11.3. The van der Waals surface area contributed by atoms with E-state index in [1.54, 1.807) is 30.6 Å². The lowest BCUT2D eigenvalue weighted by Crippen LogP contribution is -2.62. The van der Waals surface area contributed by atoms with Crippen molar-refractivity contribution in [1.29, 1.82) is 0 Å². The maximum absolute atomic E-state index is 13.5. The second-order valence-corrected chi connectivity index (χ2v) is 8.07. The molecule has 0 saturated carbocycles. The first-order valence-electron chi connectivity index (χ1n) is 10.5. The van der Waals surface area contributed by atoms with E-state index in [0.717, 1.165) is 17.8 Å². The van der Waals surface area contributed by atoms with Crippen molar-refractivity contribution >= 4 is 23.2 Å². The average molecular weight is 424 g/mol. The molecule has 2 aromatic rings. The standard InChI is InChI=1S/C21H24N6O4/c28-20(24-8-10-31-11-9-24)17-13-15-12-16(27(29)30)2-3-18(15)26-7-6-25(14-19(17)26)21-22-4-1-5-23-21/h1-5,12,17,19H,6-11,13-14H2. The van der Waals surface area contributed by atoms with Gasteiger partial charge < -0.3 is 19.4 Å². The Morgan fingerprint density at radius 3 is 2.65 bits per heavy atom. The molecule has 10 heteroatoms. The molecule has 5 rings (SSSR count). The number of benzene rings is 1. The summed E-state index contributed by atoms with van der Waals surface area (Å²) < 4.78 is 5.41. The average Bonchev–Trinajstić information content (AvgIpc) is 2.83. The van der Waals surface area contributed by atoms with Crippen molar-refractivity contribution < 1.29 is 14.5 Å². The number of hydrogen-bond donors (Lipinski definition) is 0. The predicted molar refractivity (Wildman–Crippen MR) is 113 cm³/mol. The lowest BCUT2D eigenvalue weighted by molar-refractivity contribution is -0.384. The molecule has 1 aromatic heterocycles. The monoisotopic (exact) mass is 424 g/mol. The fourth-order valence-corrected chi connectivity index (χ4v) is 4.86. The van der Waals surface area contributed by atoms with Gasteiger partial charge in [0, 0.05) is 62.9 Å². The molecule has 10 nitrogen and oxygen atoms in total. The summed E-state index contributed by atoms with van der Waals surface area (Å²) in [7, 11) is 0. The van der Waals surface area contributed by atoms with Crippen LogP contribution < -0.4 is 9.80 Å². The highest BCUT2D eigenvalue weighted by molar-refractivity contribution is 5.82. The minimum absolute atomic E-state index is 0.0538. The van der Waals surface area contributed by atoms with Crippen molar-refractivity contribution in [3.05, 3.63) is 52.3 Å². The molecule has 2 atom stereocenters. The molecule has 3 aliphatic rings. The summed E-state index contributed by atoms with van der Waals surface area (Å²) in [5.41, 5.74) is 1.91. The Morgan fingerprint density at radius 2 is 1.90 bits per heavy atom. The number of piperazine rings is 1. The van der Waals surface area contributed by atoms with Crippen LogP contribution in [0.1, 0.15) is 5.56 Å². The van der Waals surface area contributed by atoms with Gasteiger partial charge in [0.25, 0.3) is 5.69 Å². The molecule has 4 heterocycles. The van der Waals surface area contributed by atoms with E-state index in [-0.39, 0.29) is 28.5 Å². The fourth-order valence-electron chi connectivity index (χ4n) is 4.86. The van der Waals surface area contributed by atoms with Gasteiger partial charge in [-0.15, -0.1) is 0 Å². The molecule has 2 saturated heterocycles. The Labute approximate surface area is 179 Å². The van der Waals surface area contributed by atoms with Crippen molar-refractivity contribution in [1.82, 2.24) is 14.9 Å². The Kier molecular flexibility index (Phi) is 5.14. The van der Waals surface area contributed by atoms with Crippen LogP contribution in [-0.4, -0.2) is 77.7 Å². The topological polar surface area (TPSA) is 105 Å². The quantitative estimate of drug-likeness (QED) is 0.533. The van der Waals surface area contributed by atoms with Gasteiger partial charge >= 0.3 is 0 Å². The van der Waals surface area contributed by atoms with Gasteiger partial charge in [0.1, 0.15) is 0 Å². The number of nitro benzene ring substituents is 1. The third-order valence-corrected chi connectivity index (χ3v) is 6.38. The number of rotatable bonds is 3. The zero-order valence-electron chi connectivity index (χ0n) is 17.1. The molecular weight excluding hydrogens is 400 g/mol. The van der Waals surface area contributed by atoms with Crippen LogP contribution in [-0.2, 0) is 16.0 Å². The zero-order chi connectivity index (χ0) is 21.4. The summed E-state index contributed by atoms with van der Waals surface area (Å²) in [6.45, 7) is 4.28. The van der Waals surface area contributed by atoms with Crippen LogP contribution in [0.5, 0.6) is 0 Å². The van der Waals surface area contributed by atoms with Crippen LogP contribution in [0.3, 0.4) is 0 Å². The van der Waals surface area contributed by atoms with E-state index in [0.29, 0.717) is 51.8 Å². The highest BCUT2D eigenvalue weighted by Gasteiger charge is 2.43. The number of nitrogens with zero attached hydrogens (tertiary/aromatic N) is 6. The lowest BCUT2D eigenvalue weighted by atomic mass is 9.82. The normalized spacial score (nSPS) is 23.2. The summed E-state index contributed by atoms with van der Waals surface area (Å²) in [4.78, 5) is 39.5. The Bertz CT molecular complexity index is 981. The Balaban J connectivity index is 1.49. The van der Waals surface area contributed by atoms with E-state index in [9.17, 15) is 14.9 Å². The molecule has 0 spiro atoms. The number of anilines is 2. The van der Waals surface area contributed by atoms with E-state index in [4.69, 9.17) is 4.74 Å². The second-order valence-electron chi connectivity index (χ2n) is 8.07. The van der Waals surface area contributed by atoms with E-state index in [2.05, 4.69) is 19.8 Å². The van der Waals surface area contributed by atoms with E-state index < -0.39 is 0 Å². The Morgan fingerprint density at radius 1 is 1.13 bits per heavy atom. The van der Waals surface area contributed by atoms with Crippen LogP contribution in [0.15, 0.2) is 36.7 Å². The van der Waals surface area contributed by atoms with Crippen molar-refractivity contribution in [3.63, 3.8) is 0 Å². The van der Waals surface area contributed by atoms with E-state index in [1.807, 2.05) is 11.0 Å². The highest BCUT2D eigenvalue weighted by atomic mass is 16.6. The van der Waals surface area contributed by atoms with Gasteiger partial charge in [-0.3, -0.25) is 14.9 Å². The largest absolute Gasteiger partial charge is 0.378 e. The van der Waals surface area contributed by atoms with Crippen molar-refractivity contribution in [3.8, 4) is 0 Å². The lowest BCUT2D eigenvalue weighted by Gasteiger charge is -2.49. The maximum atomic E-state index is 13.5. The smallest absolute Gasteiger partial charge is 0.269 e. The van der Waals surface area contributed by atoms with Crippen LogP contribution in [0.4, 0.5) is 17.3 Å². The first-order valence-corrected chi connectivity index (χ1v) is 10.5. The van der Waals surface area contributed by atoms with Gasteiger partial charge in [0.05, 0.1) is 30.1 Å². The number of amides is 1. The molecule has 0 radical (unpaired) electrons. The van der Waals surface area contributed by atoms with Gasteiger partial charge in [-0.05, 0) is 24.1 Å². The molecular formula is C21H24N6O4. The number of aromatic nitrogens is 2. The number of carbonyl (C=O) groups excluding carboxylic acids is 1. The molecule has 0 bridgehead atoms. The van der Waals surface area contributed by atoms with Crippen molar-refractivity contribution in [2.45, 2.75) is 12.5 Å². The van der Waals surface area contributed by atoms with E-state index >= 15 is 0 Å². The summed E-state index contributed by atoms with van der Waals surface area (Å²) in [6, 6.07) is 6.73. The number of ether oxygens (including phenoxy) is 1. The fraction of sp³-hybridized carbons (Fsp3) is 0.476. The Hall–Kier alpha value is -3.27. The molecule has 31 heavy (non-hydrogen) atoms. The van der Waals surface area contributed by atoms with Gasteiger partial charge in [0.2, 0.25) is 11.9 Å². The van der Waals surface area contributed by atoms with Crippen LogP contribution in [0.25, 0.3) is 0 Å². The number of non-ortho nitro benzene ring substituents is 1. The van der Waals surface area contributed by atoms with Gasteiger partial charge in [-0.1, -0.05) is 0 Å². The number of nitro groups is 1. The predicted octanol–water partition coefficient (Wildman–Crippen LogP) is 1.11. The molecule has 2 unspecified atom stereocenters. The summed E-state index contributed by atoms with van der Waals surface area (Å²) in [5.74, 6) is 0.458. The number of fused-ring (bicyclic) bond motifs is 3. The number of hydrogen-bond acceptors (Lipinski definition) is 8. The number of morpholine rings is 1. The third kappa shape index (κ3) is 3.67. The van der Waals surface area contributed by atoms with Crippen LogP contribution >= 0.6 is 0 Å². The van der Waals surface area contributed by atoms with Crippen LogP contribution in [0, 0.1) is 16.0 Å². The minimum atomic E-state index is -0.379. The van der Waals surface area contributed by atoms with Gasteiger partial charge in [-0.25, -0.2) is 9.97 Å². The minimum Gasteiger partial charge on any atom is -0.378 e. The summed E-state index contributed by atoms with van der Waals surface area (Å²) >= 11 is 0. The first kappa shape index (κ1) is 19.7. The van der Waals surface area contributed by atoms with Crippen molar-refractivity contribution in [2.75, 3.05) is 55.7 Å². The third-order valence-electron chi connectivity index (χ3n) is 6.38.